The lowest BCUT2D eigenvalue weighted by Crippen LogP contribution is -2.45. The summed E-state index contributed by atoms with van der Waals surface area (Å²) in [5.74, 6) is 0. The molecule has 0 spiro atoms. The van der Waals surface area contributed by atoms with Gasteiger partial charge in [0, 0.05) is 6.61 Å². The molecule has 1 aromatic rings. The minimum absolute atomic E-state index is 0.250. The zero-order valence-electron chi connectivity index (χ0n) is 9.61. The van der Waals surface area contributed by atoms with Gasteiger partial charge in [-0.2, -0.15) is 0 Å². The number of aliphatic hydroxyl groups is 1. The van der Waals surface area contributed by atoms with E-state index in [0.29, 0.717) is 5.54 Å². The van der Waals surface area contributed by atoms with Crippen LogP contribution in [0, 0.1) is 0 Å². The molecular weight excluding hydrogens is 200 g/mol. The molecule has 15 heavy (non-hydrogen) atoms. The zero-order valence-corrected chi connectivity index (χ0v) is 10.6. The molecule has 1 nitrogen and oxygen atoms in total. The van der Waals surface area contributed by atoms with E-state index >= 15 is 0 Å². The van der Waals surface area contributed by atoms with Crippen molar-refractivity contribution in [1.29, 1.82) is 0 Å². The lowest BCUT2D eigenvalue weighted by Gasteiger charge is -2.30. The van der Waals surface area contributed by atoms with Gasteiger partial charge in [0.1, 0.15) is 0 Å². The van der Waals surface area contributed by atoms with Crippen LogP contribution in [0.3, 0.4) is 0 Å². The summed E-state index contributed by atoms with van der Waals surface area (Å²) in [7, 11) is -1.51. The summed E-state index contributed by atoms with van der Waals surface area (Å²) >= 11 is 0. The smallest absolute Gasteiger partial charge is 0.0874 e. The first kappa shape index (κ1) is 12.2. The molecule has 0 bridgehead atoms. The van der Waals surface area contributed by atoms with Gasteiger partial charge in [-0.05, 0) is 12.0 Å². The van der Waals surface area contributed by atoms with E-state index in [4.69, 9.17) is 5.11 Å². The van der Waals surface area contributed by atoms with Crippen molar-refractivity contribution in [2.24, 2.45) is 0 Å². The summed E-state index contributed by atoms with van der Waals surface area (Å²) in [5.41, 5.74) is 0.449. The molecule has 0 heterocycles. The zero-order chi connectivity index (χ0) is 11.3. The Bertz CT molecular complexity index is 306. The number of aliphatic hydroxyl groups excluding tert-OH is 1. The molecule has 0 aliphatic carbocycles. The average molecular weight is 220 g/mol. The van der Waals surface area contributed by atoms with Gasteiger partial charge in [0.25, 0.3) is 0 Å². The van der Waals surface area contributed by atoms with Crippen molar-refractivity contribution in [1.82, 2.24) is 0 Å². The van der Waals surface area contributed by atoms with Crippen LogP contribution in [-0.2, 0) is 0 Å². The number of benzene rings is 1. The second-order valence-electron chi connectivity index (χ2n) is 4.44. The minimum atomic E-state index is -1.51. The number of allylic oxidation sites excluding steroid dienone is 1. The van der Waals surface area contributed by atoms with E-state index < -0.39 is 8.07 Å². The third-order valence-corrected chi connectivity index (χ3v) is 7.37. The minimum Gasteiger partial charge on any atom is -0.396 e. The largest absolute Gasteiger partial charge is 0.396 e. The molecular formula is C13H20OSi. The van der Waals surface area contributed by atoms with Gasteiger partial charge < -0.3 is 5.11 Å². The third-order valence-electron chi connectivity index (χ3n) is 3.17. The first-order valence-corrected chi connectivity index (χ1v) is 8.49. The van der Waals surface area contributed by atoms with E-state index in [2.05, 4.69) is 43.9 Å². The van der Waals surface area contributed by atoms with Crippen LogP contribution >= 0.6 is 0 Å². The summed E-state index contributed by atoms with van der Waals surface area (Å²) in [6.07, 6.45) is 2.84. The lowest BCUT2D eigenvalue weighted by molar-refractivity contribution is 0.289. The van der Waals surface area contributed by atoms with E-state index in [1.807, 2.05) is 12.1 Å². The van der Waals surface area contributed by atoms with Crippen molar-refractivity contribution in [2.75, 3.05) is 6.61 Å². The Balaban J connectivity index is 2.94. The molecule has 0 aliphatic heterocycles. The molecule has 2 heteroatoms. The Hall–Kier alpha value is -0.863. The second kappa shape index (κ2) is 5.28. The summed E-state index contributed by atoms with van der Waals surface area (Å²) < 4.78 is 0. The third kappa shape index (κ3) is 2.80. The summed E-state index contributed by atoms with van der Waals surface area (Å²) in [6, 6.07) is 10.6. The first-order valence-electron chi connectivity index (χ1n) is 5.42. The van der Waals surface area contributed by atoms with Crippen LogP contribution in [-0.4, -0.2) is 19.8 Å². The van der Waals surface area contributed by atoms with Crippen LogP contribution in [0.1, 0.15) is 6.42 Å². The molecule has 0 saturated heterocycles. The maximum absolute atomic E-state index is 9.05. The lowest BCUT2D eigenvalue weighted by atomic mass is 10.3. The monoisotopic (exact) mass is 220 g/mol. The van der Waals surface area contributed by atoms with Crippen molar-refractivity contribution >= 4 is 13.3 Å². The molecule has 0 amide bonds. The highest BCUT2D eigenvalue weighted by molar-refractivity contribution is 6.91. The summed E-state index contributed by atoms with van der Waals surface area (Å²) in [5, 5.41) is 10.5. The topological polar surface area (TPSA) is 20.2 Å². The Morgan fingerprint density at radius 3 is 2.40 bits per heavy atom. The number of hydrogen-bond acceptors (Lipinski definition) is 1. The van der Waals surface area contributed by atoms with Gasteiger partial charge in [-0.1, -0.05) is 54.7 Å². The van der Waals surface area contributed by atoms with E-state index in [-0.39, 0.29) is 6.61 Å². The van der Waals surface area contributed by atoms with Crippen molar-refractivity contribution in [2.45, 2.75) is 25.1 Å². The van der Waals surface area contributed by atoms with Crippen molar-refractivity contribution in [3.63, 3.8) is 0 Å². The second-order valence-corrected chi connectivity index (χ2v) is 9.20. The fourth-order valence-corrected chi connectivity index (χ4v) is 4.91. The molecule has 1 N–H and O–H groups in total. The van der Waals surface area contributed by atoms with Gasteiger partial charge in [0.2, 0.25) is 0 Å². The Morgan fingerprint density at radius 2 is 1.93 bits per heavy atom. The number of rotatable bonds is 5. The van der Waals surface area contributed by atoms with Gasteiger partial charge in [0.15, 0.2) is 0 Å². The van der Waals surface area contributed by atoms with Gasteiger partial charge in [-0.3, -0.25) is 0 Å². The Morgan fingerprint density at radius 1 is 1.33 bits per heavy atom. The summed E-state index contributed by atoms with van der Waals surface area (Å²) in [4.78, 5) is 0. The van der Waals surface area contributed by atoms with E-state index in [0.717, 1.165) is 6.42 Å². The quantitative estimate of drug-likeness (QED) is 0.597. The SMILES string of the molecule is C=C[C@H](CCO)[Si](C)(C)c1ccccc1. The molecule has 1 rings (SSSR count). The van der Waals surface area contributed by atoms with Gasteiger partial charge >= 0.3 is 0 Å². The van der Waals surface area contributed by atoms with E-state index in [1.165, 1.54) is 5.19 Å². The van der Waals surface area contributed by atoms with Gasteiger partial charge in [0.05, 0.1) is 8.07 Å². The fourth-order valence-electron chi connectivity index (χ4n) is 1.99. The van der Waals surface area contributed by atoms with Crippen LogP contribution in [0.2, 0.25) is 18.6 Å². The Labute approximate surface area is 93.5 Å². The normalized spacial score (nSPS) is 13.5. The molecule has 1 atom stereocenters. The van der Waals surface area contributed by atoms with Crippen LogP contribution in [0.25, 0.3) is 0 Å². The first-order chi connectivity index (χ1) is 7.12. The van der Waals surface area contributed by atoms with Crippen LogP contribution < -0.4 is 5.19 Å². The highest BCUT2D eigenvalue weighted by Gasteiger charge is 2.30. The van der Waals surface area contributed by atoms with E-state index in [9.17, 15) is 0 Å². The predicted molar refractivity (Wildman–Crippen MR) is 69.2 cm³/mol. The van der Waals surface area contributed by atoms with Crippen molar-refractivity contribution in [3.8, 4) is 0 Å². The van der Waals surface area contributed by atoms with E-state index in [1.54, 1.807) is 0 Å². The average Bonchev–Trinajstić information content (AvgIpc) is 2.27. The molecule has 0 aliphatic rings. The van der Waals surface area contributed by atoms with Crippen LogP contribution in [0.5, 0.6) is 0 Å². The molecule has 0 unspecified atom stereocenters. The molecule has 82 valence electrons. The van der Waals surface area contributed by atoms with Gasteiger partial charge in [-0.15, -0.1) is 6.58 Å². The van der Waals surface area contributed by atoms with Gasteiger partial charge in [-0.25, -0.2) is 0 Å². The highest BCUT2D eigenvalue weighted by Crippen LogP contribution is 2.26. The molecule has 0 aromatic heterocycles. The maximum Gasteiger partial charge on any atom is 0.0874 e. The Kier molecular flexibility index (Phi) is 4.30. The maximum atomic E-state index is 9.05. The van der Waals surface area contributed by atoms with Crippen molar-refractivity contribution < 1.29 is 5.11 Å². The molecule has 1 aromatic carbocycles. The van der Waals surface area contributed by atoms with Crippen LogP contribution in [0.15, 0.2) is 43.0 Å². The predicted octanol–water partition coefficient (Wildman–Crippen LogP) is 2.54. The van der Waals surface area contributed by atoms with Crippen LogP contribution in [0.4, 0.5) is 0 Å². The fraction of sp³-hybridized carbons (Fsp3) is 0.385. The summed E-state index contributed by atoms with van der Waals surface area (Å²) in [6.45, 7) is 8.82. The highest BCUT2D eigenvalue weighted by atomic mass is 28.3. The van der Waals surface area contributed by atoms with Crippen molar-refractivity contribution in [3.05, 3.63) is 43.0 Å². The standard InChI is InChI=1S/C13H20OSi/c1-4-12(10-11-14)15(2,3)13-8-6-5-7-9-13/h4-9,12,14H,1,10-11H2,2-3H3/t12-/m1/s1. The number of hydrogen-bond donors (Lipinski definition) is 1. The molecule has 0 saturated carbocycles. The molecule has 0 fully saturated rings. The molecule has 0 radical (unpaired) electrons.